The predicted molar refractivity (Wildman–Crippen MR) is 119 cm³/mol. The van der Waals surface area contributed by atoms with Crippen LogP contribution in [0.2, 0.25) is 0 Å². The van der Waals surface area contributed by atoms with Crippen molar-refractivity contribution in [2.24, 2.45) is 0 Å². The van der Waals surface area contributed by atoms with Crippen molar-refractivity contribution >= 4 is 44.9 Å². The first-order valence-electron chi connectivity index (χ1n) is 8.97. The predicted octanol–water partition coefficient (Wildman–Crippen LogP) is 3.88. The molecular formula is C20H23N3O4S2. The van der Waals surface area contributed by atoms with Crippen molar-refractivity contribution in [3.8, 4) is 11.5 Å². The molecule has 0 aliphatic heterocycles. The molecule has 2 aromatic heterocycles. The number of amides is 1. The number of fused-ring (bicyclic) bond motifs is 1. The highest BCUT2D eigenvalue weighted by Crippen LogP contribution is 2.30. The highest BCUT2D eigenvalue weighted by atomic mass is 32.2. The van der Waals surface area contributed by atoms with Crippen molar-refractivity contribution in [1.29, 1.82) is 0 Å². The lowest BCUT2D eigenvalue weighted by atomic mass is 10.2. The van der Waals surface area contributed by atoms with E-state index in [9.17, 15) is 9.59 Å². The first-order chi connectivity index (χ1) is 13.8. The molecule has 7 nitrogen and oxygen atoms in total. The van der Waals surface area contributed by atoms with Gasteiger partial charge in [-0.05, 0) is 38.5 Å². The lowest BCUT2D eigenvalue weighted by Crippen LogP contribution is -2.23. The first-order valence-corrected chi connectivity index (χ1v) is 10.8. The van der Waals surface area contributed by atoms with Crippen LogP contribution in [-0.4, -0.2) is 35.3 Å². The Labute approximate surface area is 176 Å². The third-order valence-corrected chi connectivity index (χ3v) is 6.85. The highest BCUT2D eigenvalue weighted by molar-refractivity contribution is 7.99. The van der Waals surface area contributed by atoms with Gasteiger partial charge in [0, 0.05) is 10.9 Å². The maximum Gasteiger partial charge on any atom is 0.259 e. The van der Waals surface area contributed by atoms with Gasteiger partial charge in [0.15, 0.2) is 0 Å². The molecule has 3 aromatic rings. The quantitative estimate of drug-likeness (QED) is 0.587. The van der Waals surface area contributed by atoms with Gasteiger partial charge in [-0.15, -0.1) is 23.1 Å². The molecule has 3 rings (SSSR count). The van der Waals surface area contributed by atoms with Gasteiger partial charge >= 0.3 is 0 Å². The molecule has 154 valence electrons. The maximum absolute atomic E-state index is 12.6. The molecule has 0 bridgehead atoms. The topological polar surface area (TPSA) is 93.3 Å². The Hall–Kier alpha value is -2.52. The van der Waals surface area contributed by atoms with Crippen LogP contribution < -0.4 is 20.3 Å². The van der Waals surface area contributed by atoms with E-state index in [-0.39, 0.29) is 16.7 Å². The first kappa shape index (κ1) is 21.2. The third-order valence-electron chi connectivity index (χ3n) is 4.59. The van der Waals surface area contributed by atoms with Gasteiger partial charge in [-0.3, -0.25) is 9.59 Å². The Kier molecular flexibility index (Phi) is 6.49. The molecule has 0 saturated carbocycles. The molecule has 1 aromatic carbocycles. The number of nitrogens with one attached hydrogen (secondary N) is 2. The molecular weight excluding hydrogens is 410 g/mol. The van der Waals surface area contributed by atoms with Crippen LogP contribution in [0.15, 0.2) is 23.0 Å². The minimum absolute atomic E-state index is 0.134. The molecule has 0 aliphatic rings. The van der Waals surface area contributed by atoms with E-state index in [2.05, 4.69) is 15.3 Å². The molecule has 1 amide bonds. The summed E-state index contributed by atoms with van der Waals surface area (Å²) in [6.45, 7) is 5.72. The lowest BCUT2D eigenvalue weighted by molar-refractivity contribution is -0.115. The monoisotopic (exact) mass is 433 g/mol. The molecule has 1 atom stereocenters. The van der Waals surface area contributed by atoms with E-state index in [4.69, 9.17) is 9.47 Å². The van der Waals surface area contributed by atoms with E-state index in [0.29, 0.717) is 34.1 Å². The Balaban J connectivity index is 1.69. The van der Waals surface area contributed by atoms with E-state index in [1.165, 1.54) is 23.1 Å². The summed E-state index contributed by atoms with van der Waals surface area (Å²) in [5.74, 6) is 1.99. The number of aryl methyl sites for hydroxylation is 2. The van der Waals surface area contributed by atoms with Gasteiger partial charge in [0.1, 0.15) is 22.2 Å². The van der Waals surface area contributed by atoms with Crippen LogP contribution in [0.1, 0.15) is 23.2 Å². The van der Waals surface area contributed by atoms with Gasteiger partial charge in [0.25, 0.3) is 5.56 Å². The second-order valence-electron chi connectivity index (χ2n) is 6.48. The zero-order chi connectivity index (χ0) is 21.1. The van der Waals surface area contributed by atoms with E-state index in [1.807, 2.05) is 20.8 Å². The van der Waals surface area contributed by atoms with Crippen molar-refractivity contribution < 1.29 is 14.3 Å². The summed E-state index contributed by atoms with van der Waals surface area (Å²) in [6.07, 6.45) is 0. The number of rotatable bonds is 7. The number of benzene rings is 1. The number of ether oxygens (including phenoxy) is 2. The number of methoxy groups -OCH3 is 2. The smallest absolute Gasteiger partial charge is 0.259 e. The molecule has 29 heavy (non-hydrogen) atoms. The minimum Gasteiger partial charge on any atom is -0.497 e. The number of hydrogen-bond donors (Lipinski definition) is 2. The van der Waals surface area contributed by atoms with Gasteiger partial charge < -0.3 is 19.8 Å². The molecule has 0 fully saturated rings. The molecule has 0 aliphatic carbocycles. The van der Waals surface area contributed by atoms with Crippen LogP contribution in [0.3, 0.4) is 0 Å². The van der Waals surface area contributed by atoms with Gasteiger partial charge in [-0.2, -0.15) is 0 Å². The van der Waals surface area contributed by atoms with Crippen LogP contribution in [-0.2, 0) is 10.5 Å². The van der Waals surface area contributed by atoms with Gasteiger partial charge in [0.2, 0.25) is 5.91 Å². The number of hydrogen-bond acceptors (Lipinski definition) is 7. The number of carbonyl (C=O) groups is 1. The number of aromatic nitrogens is 2. The maximum atomic E-state index is 12.6. The lowest BCUT2D eigenvalue weighted by Gasteiger charge is -2.15. The van der Waals surface area contributed by atoms with Crippen molar-refractivity contribution in [2.75, 3.05) is 19.5 Å². The number of thioether (sulfide) groups is 1. The Morgan fingerprint density at radius 3 is 2.76 bits per heavy atom. The zero-order valence-electron chi connectivity index (χ0n) is 16.9. The summed E-state index contributed by atoms with van der Waals surface area (Å²) < 4.78 is 10.5. The number of anilines is 1. The van der Waals surface area contributed by atoms with Crippen LogP contribution >= 0.6 is 23.1 Å². The summed E-state index contributed by atoms with van der Waals surface area (Å²) in [6, 6.07) is 5.21. The van der Waals surface area contributed by atoms with Crippen molar-refractivity contribution in [3.63, 3.8) is 0 Å². The molecule has 2 N–H and O–H groups in total. The summed E-state index contributed by atoms with van der Waals surface area (Å²) in [5.41, 5.74) is 1.38. The second-order valence-corrected chi connectivity index (χ2v) is 9.02. The molecule has 0 spiro atoms. The summed E-state index contributed by atoms with van der Waals surface area (Å²) in [7, 11) is 3.11. The summed E-state index contributed by atoms with van der Waals surface area (Å²) in [4.78, 5) is 34.2. The van der Waals surface area contributed by atoms with E-state index >= 15 is 0 Å². The number of thiophene rings is 1. The third kappa shape index (κ3) is 4.56. The molecule has 9 heteroatoms. The fourth-order valence-electron chi connectivity index (χ4n) is 2.79. The zero-order valence-corrected chi connectivity index (χ0v) is 18.5. The van der Waals surface area contributed by atoms with Gasteiger partial charge in [-0.1, -0.05) is 0 Å². The van der Waals surface area contributed by atoms with Crippen molar-refractivity contribution in [1.82, 2.24) is 9.97 Å². The fourth-order valence-corrected chi connectivity index (χ4v) is 4.60. The van der Waals surface area contributed by atoms with Crippen molar-refractivity contribution in [3.05, 3.63) is 44.8 Å². The second kappa shape index (κ2) is 8.87. The van der Waals surface area contributed by atoms with Crippen LogP contribution in [0, 0.1) is 13.8 Å². The molecule has 0 radical (unpaired) electrons. The number of aromatic amines is 1. The Morgan fingerprint density at radius 1 is 1.31 bits per heavy atom. The van der Waals surface area contributed by atoms with E-state index in [1.54, 1.807) is 32.4 Å². The average Bonchev–Trinajstić information content (AvgIpc) is 2.99. The van der Waals surface area contributed by atoms with Gasteiger partial charge in [-0.25, -0.2) is 4.98 Å². The number of nitrogens with zero attached hydrogens (tertiary/aromatic N) is 1. The van der Waals surface area contributed by atoms with Crippen LogP contribution in [0.4, 0.5) is 5.69 Å². The van der Waals surface area contributed by atoms with Crippen molar-refractivity contribution in [2.45, 2.75) is 31.8 Å². The van der Waals surface area contributed by atoms with E-state index < -0.39 is 0 Å². The SMILES string of the molecule is COc1ccc(OC)c(NC(=O)[C@H](C)SCc2nc3sc(C)c(C)c3c(=O)[nH]2)c1. The Bertz CT molecular complexity index is 1110. The number of H-pyrrole nitrogens is 1. The molecule has 2 heterocycles. The highest BCUT2D eigenvalue weighted by Gasteiger charge is 2.18. The minimum atomic E-state index is -0.362. The Morgan fingerprint density at radius 2 is 2.07 bits per heavy atom. The van der Waals surface area contributed by atoms with Gasteiger partial charge in [0.05, 0.1) is 36.3 Å². The number of carbonyl (C=O) groups excluding carboxylic acids is 1. The normalized spacial score (nSPS) is 12.0. The summed E-state index contributed by atoms with van der Waals surface area (Å²) >= 11 is 2.91. The average molecular weight is 434 g/mol. The fraction of sp³-hybridized carbons (Fsp3) is 0.350. The summed E-state index contributed by atoms with van der Waals surface area (Å²) in [5, 5.41) is 3.16. The molecule has 0 saturated heterocycles. The van der Waals surface area contributed by atoms with E-state index in [0.717, 1.165) is 15.3 Å². The standard InChI is InChI=1S/C20H23N3O4S2/c1-10-11(2)29-20-17(10)19(25)22-16(23-20)9-28-12(3)18(24)21-14-8-13(26-4)6-7-15(14)27-5/h6-8,12H,9H2,1-5H3,(H,21,24)(H,22,23,25)/t12-/m0/s1. The van der Waals surface area contributed by atoms with Crippen LogP contribution in [0.5, 0.6) is 11.5 Å². The van der Waals surface area contributed by atoms with Crippen LogP contribution in [0.25, 0.3) is 10.2 Å². The largest absolute Gasteiger partial charge is 0.497 e. The molecule has 0 unspecified atom stereocenters.